The number of halogens is 1. The first-order valence-corrected chi connectivity index (χ1v) is 8.20. The normalized spacial score (nSPS) is 16.8. The van der Waals surface area contributed by atoms with Gasteiger partial charge in [0.2, 0.25) is 0 Å². The Balaban J connectivity index is 1.99. The van der Waals surface area contributed by atoms with Crippen molar-refractivity contribution in [1.29, 1.82) is 0 Å². The van der Waals surface area contributed by atoms with Gasteiger partial charge in [-0.25, -0.2) is 0 Å². The Morgan fingerprint density at radius 1 is 1.44 bits per heavy atom. The summed E-state index contributed by atoms with van der Waals surface area (Å²) < 4.78 is 0. The van der Waals surface area contributed by atoms with Crippen molar-refractivity contribution >= 4 is 23.4 Å². The van der Waals surface area contributed by atoms with Crippen molar-refractivity contribution in [1.82, 2.24) is 5.32 Å². The molecule has 1 nitrogen and oxygen atoms in total. The molecule has 1 N–H and O–H groups in total. The molecule has 0 aromatic heterocycles. The van der Waals surface area contributed by atoms with Crippen LogP contribution in [0.15, 0.2) is 23.1 Å². The van der Waals surface area contributed by atoms with Crippen LogP contribution in [0, 0.1) is 5.92 Å². The Morgan fingerprint density at radius 2 is 2.22 bits per heavy atom. The van der Waals surface area contributed by atoms with Gasteiger partial charge in [-0.1, -0.05) is 44.0 Å². The van der Waals surface area contributed by atoms with Crippen LogP contribution < -0.4 is 5.32 Å². The molecule has 1 atom stereocenters. The Hall–Kier alpha value is -0.180. The lowest BCUT2D eigenvalue weighted by atomic mass is 10.2. The molecule has 0 aliphatic heterocycles. The van der Waals surface area contributed by atoms with E-state index in [1.54, 1.807) is 0 Å². The van der Waals surface area contributed by atoms with Crippen LogP contribution in [0.5, 0.6) is 0 Å². The predicted molar refractivity (Wildman–Crippen MR) is 81.5 cm³/mol. The summed E-state index contributed by atoms with van der Waals surface area (Å²) in [5.41, 5.74) is 1.35. The van der Waals surface area contributed by atoms with Gasteiger partial charge in [0.25, 0.3) is 0 Å². The zero-order valence-corrected chi connectivity index (χ0v) is 12.8. The molecule has 0 amide bonds. The fourth-order valence-corrected chi connectivity index (χ4v) is 3.32. The van der Waals surface area contributed by atoms with Crippen LogP contribution in [0.2, 0.25) is 5.02 Å². The summed E-state index contributed by atoms with van der Waals surface area (Å²) in [6.45, 7) is 5.49. The molecule has 100 valence electrons. The van der Waals surface area contributed by atoms with Gasteiger partial charge in [-0.3, -0.25) is 0 Å². The van der Waals surface area contributed by atoms with Gasteiger partial charge in [-0.05, 0) is 30.4 Å². The van der Waals surface area contributed by atoms with Crippen molar-refractivity contribution in [3.05, 3.63) is 28.8 Å². The topological polar surface area (TPSA) is 12.0 Å². The molecule has 0 bridgehead atoms. The maximum Gasteiger partial charge on any atom is 0.0545 e. The Labute approximate surface area is 120 Å². The standard InChI is InChI=1S/C15H22ClNS/c1-3-11(2)10-18-15-12(5-4-6-14(15)16)9-17-13-7-8-13/h4-6,11,13,17H,3,7-10H2,1-2H3. The molecule has 0 saturated heterocycles. The highest BCUT2D eigenvalue weighted by atomic mass is 35.5. The van der Waals surface area contributed by atoms with Gasteiger partial charge in [0.15, 0.2) is 0 Å². The lowest BCUT2D eigenvalue weighted by molar-refractivity contribution is 0.636. The van der Waals surface area contributed by atoms with Crippen molar-refractivity contribution in [2.75, 3.05) is 5.75 Å². The van der Waals surface area contributed by atoms with Gasteiger partial charge in [-0.15, -0.1) is 11.8 Å². The number of thioether (sulfide) groups is 1. The number of nitrogens with one attached hydrogen (secondary N) is 1. The van der Waals surface area contributed by atoms with Crippen molar-refractivity contribution in [3.8, 4) is 0 Å². The highest BCUT2D eigenvalue weighted by molar-refractivity contribution is 7.99. The van der Waals surface area contributed by atoms with E-state index in [1.807, 2.05) is 17.8 Å². The molecule has 18 heavy (non-hydrogen) atoms. The van der Waals surface area contributed by atoms with Crippen LogP contribution in [-0.2, 0) is 6.54 Å². The van der Waals surface area contributed by atoms with Crippen molar-refractivity contribution in [2.45, 2.75) is 50.6 Å². The number of rotatable bonds is 7. The van der Waals surface area contributed by atoms with Crippen LogP contribution in [-0.4, -0.2) is 11.8 Å². The van der Waals surface area contributed by atoms with Crippen LogP contribution in [0.3, 0.4) is 0 Å². The molecule has 0 heterocycles. The third-order valence-electron chi connectivity index (χ3n) is 3.42. The van der Waals surface area contributed by atoms with E-state index in [0.717, 1.165) is 29.3 Å². The molecule has 3 heteroatoms. The summed E-state index contributed by atoms with van der Waals surface area (Å²) in [7, 11) is 0. The summed E-state index contributed by atoms with van der Waals surface area (Å²) in [4.78, 5) is 1.27. The van der Waals surface area contributed by atoms with Gasteiger partial charge in [0.05, 0.1) is 5.02 Å². The lowest BCUT2D eigenvalue weighted by Crippen LogP contribution is -2.16. The van der Waals surface area contributed by atoms with Gasteiger partial charge in [0.1, 0.15) is 0 Å². The Morgan fingerprint density at radius 3 is 2.89 bits per heavy atom. The monoisotopic (exact) mass is 283 g/mol. The van der Waals surface area contributed by atoms with E-state index < -0.39 is 0 Å². The first-order chi connectivity index (χ1) is 8.70. The fraction of sp³-hybridized carbons (Fsp3) is 0.600. The maximum atomic E-state index is 6.34. The summed E-state index contributed by atoms with van der Waals surface area (Å²) in [6.07, 6.45) is 3.89. The third kappa shape index (κ3) is 4.18. The molecule has 1 fully saturated rings. The van der Waals surface area contributed by atoms with Gasteiger partial charge in [0, 0.05) is 23.2 Å². The summed E-state index contributed by atoms with van der Waals surface area (Å²) in [5.74, 6) is 1.90. The average molecular weight is 284 g/mol. The van der Waals surface area contributed by atoms with E-state index in [4.69, 9.17) is 11.6 Å². The molecule has 1 aromatic carbocycles. The van der Waals surface area contributed by atoms with E-state index in [2.05, 4.69) is 31.3 Å². The summed E-state index contributed by atoms with van der Waals surface area (Å²) >= 11 is 8.24. The SMILES string of the molecule is CCC(C)CSc1c(Cl)cccc1CNC1CC1. The first-order valence-electron chi connectivity index (χ1n) is 6.84. The minimum atomic E-state index is 0.746. The van der Waals surface area contributed by atoms with Crippen LogP contribution >= 0.6 is 23.4 Å². The molecule has 1 saturated carbocycles. The smallest absolute Gasteiger partial charge is 0.0545 e. The van der Waals surface area contributed by atoms with Crippen LogP contribution in [0.25, 0.3) is 0 Å². The van der Waals surface area contributed by atoms with E-state index in [0.29, 0.717) is 0 Å². The molecular formula is C15H22ClNS. The zero-order chi connectivity index (χ0) is 13.0. The first kappa shape index (κ1) is 14.2. The summed E-state index contributed by atoms with van der Waals surface area (Å²) in [5, 5.41) is 4.47. The number of hydrogen-bond acceptors (Lipinski definition) is 2. The van der Waals surface area contributed by atoms with E-state index in [-0.39, 0.29) is 0 Å². The minimum absolute atomic E-state index is 0.746. The maximum absolute atomic E-state index is 6.34. The second-order valence-electron chi connectivity index (χ2n) is 5.21. The fourth-order valence-electron chi connectivity index (χ4n) is 1.74. The Bertz CT molecular complexity index is 390. The molecule has 0 radical (unpaired) electrons. The van der Waals surface area contributed by atoms with E-state index in [1.165, 1.54) is 29.7 Å². The highest BCUT2D eigenvalue weighted by Gasteiger charge is 2.20. The van der Waals surface area contributed by atoms with Crippen molar-refractivity contribution in [3.63, 3.8) is 0 Å². The van der Waals surface area contributed by atoms with Crippen LogP contribution in [0.1, 0.15) is 38.7 Å². The number of hydrogen-bond donors (Lipinski definition) is 1. The van der Waals surface area contributed by atoms with Crippen LogP contribution in [0.4, 0.5) is 0 Å². The molecule has 0 spiro atoms. The van der Waals surface area contributed by atoms with Gasteiger partial charge < -0.3 is 5.32 Å². The molecule has 1 aromatic rings. The molecule has 1 unspecified atom stereocenters. The average Bonchev–Trinajstić information content (AvgIpc) is 3.18. The highest BCUT2D eigenvalue weighted by Crippen LogP contribution is 2.33. The second-order valence-corrected chi connectivity index (χ2v) is 6.65. The molecular weight excluding hydrogens is 262 g/mol. The third-order valence-corrected chi connectivity index (χ3v) is 5.35. The number of benzene rings is 1. The quantitative estimate of drug-likeness (QED) is 0.726. The predicted octanol–water partition coefficient (Wildman–Crippen LogP) is 4.73. The van der Waals surface area contributed by atoms with E-state index in [9.17, 15) is 0 Å². The van der Waals surface area contributed by atoms with E-state index >= 15 is 0 Å². The second kappa shape index (κ2) is 6.83. The molecule has 2 rings (SSSR count). The minimum Gasteiger partial charge on any atom is -0.310 e. The summed E-state index contributed by atoms with van der Waals surface area (Å²) in [6, 6.07) is 7.00. The zero-order valence-electron chi connectivity index (χ0n) is 11.2. The molecule has 1 aliphatic carbocycles. The van der Waals surface area contributed by atoms with Crippen molar-refractivity contribution < 1.29 is 0 Å². The molecule has 1 aliphatic rings. The Kier molecular flexibility index (Phi) is 5.40. The lowest BCUT2D eigenvalue weighted by Gasteiger charge is -2.14. The van der Waals surface area contributed by atoms with Crippen molar-refractivity contribution in [2.24, 2.45) is 5.92 Å². The van der Waals surface area contributed by atoms with Gasteiger partial charge in [-0.2, -0.15) is 0 Å². The van der Waals surface area contributed by atoms with Gasteiger partial charge >= 0.3 is 0 Å². The largest absolute Gasteiger partial charge is 0.310 e.